The topological polar surface area (TPSA) is 54.9 Å². The molecule has 0 radical (unpaired) electrons. The maximum Gasteiger partial charge on any atom is 0.328 e. The lowest BCUT2D eigenvalue weighted by atomic mass is 10.2. The van der Waals surface area contributed by atoms with E-state index in [4.69, 9.17) is 11.6 Å². The molecular weight excluding hydrogens is 259 g/mol. The molecule has 0 atom stereocenters. The first-order valence-corrected chi connectivity index (χ1v) is 5.59. The molecule has 94 valence electrons. The Morgan fingerprint density at radius 2 is 2.11 bits per heavy atom. The Kier molecular flexibility index (Phi) is 3.34. The third kappa shape index (κ3) is 2.51. The number of benzene rings is 1. The number of aromatic amines is 1. The summed E-state index contributed by atoms with van der Waals surface area (Å²) in [6.45, 7) is 1.82. The van der Waals surface area contributed by atoms with Crippen molar-refractivity contribution in [2.45, 2.75) is 13.5 Å². The van der Waals surface area contributed by atoms with Gasteiger partial charge in [-0.1, -0.05) is 17.7 Å². The molecule has 4 nitrogen and oxygen atoms in total. The van der Waals surface area contributed by atoms with Crippen LogP contribution in [-0.2, 0) is 6.54 Å². The lowest BCUT2D eigenvalue weighted by Crippen LogP contribution is -2.31. The molecule has 18 heavy (non-hydrogen) atoms. The second-order valence-corrected chi connectivity index (χ2v) is 4.35. The van der Waals surface area contributed by atoms with E-state index in [0.717, 1.165) is 0 Å². The Morgan fingerprint density at radius 1 is 1.39 bits per heavy atom. The molecule has 0 amide bonds. The zero-order valence-electron chi connectivity index (χ0n) is 9.54. The van der Waals surface area contributed by atoms with Crippen molar-refractivity contribution < 1.29 is 4.39 Å². The lowest BCUT2D eigenvalue weighted by molar-refractivity contribution is 0.626. The van der Waals surface area contributed by atoms with Crippen LogP contribution in [0.5, 0.6) is 0 Å². The summed E-state index contributed by atoms with van der Waals surface area (Å²) in [6, 6.07) is 4.22. The fraction of sp³-hybridized carbons (Fsp3) is 0.167. The molecule has 2 rings (SSSR count). The number of nitrogens with one attached hydrogen (secondary N) is 1. The first kappa shape index (κ1) is 12.6. The van der Waals surface area contributed by atoms with Gasteiger partial charge in [0.25, 0.3) is 5.56 Å². The molecule has 1 heterocycles. The minimum absolute atomic E-state index is 0.00157. The van der Waals surface area contributed by atoms with Gasteiger partial charge in [-0.05, 0) is 24.6 Å². The van der Waals surface area contributed by atoms with Crippen LogP contribution >= 0.6 is 11.6 Å². The van der Waals surface area contributed by atoms with Gasteiger partial charge in [0.2, 0.25) is 0 Å². The zero-order valence-corrected chi connectivity index (χ0v) is 10.3. The Labute approximate surface area is 107 Å². The van der Waals surface area contributed by atoms with E-state index in [1.54, 1.807) is 6.92 Å². The minimum Gasteiger partial charge on any atom is -0.296 e. The molecule has 0 spiro atoms. The van der Waals surface area contributed by atoms with E-state index in [1.165, 1.54) is 29.0 Å². The standard InChI is InChI=1S/C12H10ClFN2O2/c1-7-5-16(12(18)15-11(7)17)6-8-2-3-10(14)9(13)4-8/h2-5H,6H2,1H3,(H,15,17,18). The van der Waals surface area contributed by atoms with E-state index < -0.39 is 17.1 Å². The number of halogens is 2. The molecule has 6 heteroatoms. The highest BCUT2D eigenvalue weighted by atomic mass is 35.5. The summed E-state index contributed by atoms with van der Waals surface area (Å²) in [5.74, 6) is -0.509. The number of hydrogen-bond acceptors (Lipinski definition) is 2. The Bertz CT molecular complexity index is 706. The molecule has 0 saturated carbocycles. The minimum atomic E-state index is -0.509. The fourth-order valence-corrected chi connectivity index (χ4v) is 1.77. The molecule has 0 bridgehead atoms. The van der Waals surface area contributed by atoms with Crippen molar-refractivity contribution >= 4 is 11.6 Å². The van der Waals surface area contributed by atoms with Crippen LogP contribution in [0.1, 0.15) is 11.1 Å². The molecule has 0 fully saturated rings. The van der Waals surface area contributed by atoms with Crippen LogP contribution in [0, 0.1) is 12.7 Å². The van der Waals surface area contributed by atoms with Gasteiger partial charge in [0.1, 0.15) is 5.82 Å². The SMILES string of the molecule is Cc1cn(Cc2ccc(F)c(Cl)c2)c(=O)[nH]c1=O. The van der Waals surface area contributed by atoms with Crippen LogP contribution in [0.15, 0.2) is 34.0 Å². The summed E-state index contributed by atoms with van der Waals surface area (Å²) in [5, 5.41) is 0.00157. The largest absolute Gasteiger partial charge is 0.328 e. The summed E-state index contributed by atoms with van der Waals surface area (Å²) in [5.41, 5.74) is 0.192. The third-order valence-corrected chi connectivity index (χ3v) is 2.82. The van der Waals surface area contributed by atoms with Gasteiger partial charge in [0.15, 0.2) is 0 Å². The van der Waals surface area contributed by atoms with Gasteiger partial charge in [-0.3, -0.25) is 14.3 Å². The van der Waals surface area contributed by atoms with Gasteiger partial charge in [-0.2, -0.15) is 0 Å². The Hall–Kier alpha value is -1.88. The molecule has 1 N–H and O–H groups in total. The van der Waals surface area contributed by atoms with Crippen LogP contribution in [0.2, 0.25) is 5.02 Å². The molecular formula is C12H10ClFN2O2. The van der Waals surface area contributed by atoms with Crippen LogP contribution in [0.3, 0.4) is 0 Å². The fourth-order valence-electron chi connectivity index (χ4n) is 1.57. The molecule has 1 aromatic heterocycles. The van der Waals surface area contributed by atoms with Crippen molar-refractivity contribution in [2.24, 2.45) is 0 Å². The molecule has 1 aromatic carbocycles. The lowest BCUT2D eigenvalue weighted by Gasteiger charge is -2.06. The Balaban J connectivity index is 2.40. The van der Waals surface area contributed by atoms with E-state index in [0.29, 0.717) is 11.1 Å². The highest BCUT2D eigenvalue weighted by molar-refractivity contribution is 6.30. The maximum atomic E-state index is 13.0. The van der Waals surface area contributed by atoms with Crippen LogP contribution in [0.25, 0.3) is 0 Å². The molecule has 2 aromatic rings. The second kappa shape index (κ2) is 4.78. The quantitative estimate of drug-likeness (QED) is 0.901. The first-order chi connectivity index (χ1) is 8.47. The third-order valence-electron chi connectivity index (χ3n) is 2.53. The summed E-state index contributed by atoms with van der Waals surface area (Å²) in [7, 11) is 0. The number of rotatable bonds is 2. The first-order valence-electron chi connectivity index (χ1n) is 5.21. The monoisotopic (exact) mass is 268 g/mol. The van der Waals surface area contributed by atoms with Crippen LogP contribution in [-0.4, -0.2) is 9.55 Å². The van der Waals surface area contributed by atoms with Crippen LogP contribution < -0.4 is 11.2 Å². The van der Waals surface area contributed by atoms with E-state index in [9.17, 15) is 14.0 Å². The average molecular weight is 269 g/mol. The second-order valence-electron chi connectivity index (χ2n) is 3.95. The summed E-state index contributed by atoms with van der Waals surface area (Å²) in [4.78, 5) is 25.0. The number of aromatic nitrogens is 2. The normalized spacial score (nSPS) is 10.6. The van der Waals surface area contributed by atoms with Crippen molar-refractivity contribution in [3.63, 3.8) is 0 Å². The summed E-state index contributed by atoms with van der Waals surface area (Å²) in [6.07, 6.45) is 1.46. The Morgan fingerprint density at radius 3 is 2.78 bits per heavy atom. The van der Waals surface area contributed by atoms with Crippen molar-refractivity contribution in [2.75, 3.05) is 0 Å². The number of nitrogens with zero attached hydrogens (tertiary/aromatic N) is 1. The van der Waals surface area contributed by atoms with Crippen molar-refractivity contribution in [3.05, 3.63) is 67.2 Å². The summed E-state index contributed by atoms with van der Waals surface area (Å²) < 4.78 is 14.3. The molecule has 0 aliphatic heterocycles. The molecule has 0 aliphatic carbocycles. The van der Waals surface area contributed by atoms with Gasteiger partial charge in [0.05, 0.1) is 11.6 Å². The molecule has 0 saturated heterocycles. The number of hydrogen-bond donors (Lipinski definition) is 1. The van der Waals surface area contributed by atoms with E-state index in [2.05, 4.69) is 4.98 Å². The molecule has 0 aliphatic rings. The van der Waals surface area contributed by atoms with Crippen molar-refractivity contribution in [3.8, 4) is 0 Å². The highest BCUT2D eigenvalue weighted by Gasteiger charge is 2.04. The molecule has 0 unspecified atom stereocenters. The number of aryl methyl sites for hydroxylation is 1. The maximum absolute atomic E-state index is 13.0. The van der Waals surface area contributed by atoms with E-state index in [1.807, 2.05) is 0 Å². The van der Waals surface area contributed by atoms with Gasteiger partial charge >= 0.3 is 5.69 Å². The predicted octanol–water partition coefficient (Wildman–Crippen LogP) is 1.69. The van der Waals surface area contributed by atoms with Crippen molar-refractivity contribution in [1.82, 2.24) is 9.55 Å². The van der Waals surface area contributed by atoms with E-state index in [-0.39, 0.29) is 11.6 Å². The van der Waals surface area contributed by atoms with E-state index >= 15 is 0 Å². The van der Waals surface area contributed by atoms with Gasteiger partial charge in [-0.25, -0.2) is 9.18 Å². The predicted molar refractivity (Wildman–Crippen MR) is 66.6 cm³/mol. The summed E-state index contributed by atoms with van der Waals surface area (Å²) >= 11 is 5.66. The van der Waals surface area contributed by atoms with Gasteiger partial charge in [-0.15, -0.1) is 0 Å². The van der Waals surface area contributed by atoms with Gasteiger partial charge in [0, 0.05) is 11.8 Å². The average Bonchev–Trinajstić information content (AvgIpc) is 2.31. The smallest absolute Gasteiger partial charge is 0.296 e. The highest BCUT2D eigenvalue weighted by Crippen LogP contribution is 2.16. The van der Waals surface area contributed by atoms with Gasteiger partial charge < -0.3 is 0 Å². The van der Waals surface area contributed by atoms with Crippen LogP contribution in [0.4, 0.5) is 4.39 Å². The zero-order chi connectivity index (χ0) is 13.3. The van der Waals surface area contributed by atoms with Crippen molar-refractivity contribution in [1.29, 1.82) is 0 Å². The number of H-pyrrole nitrogens is 1.